The van der Waals surface area contributed by atoms with Gasteiger partial charge in [-0.15, -0.1) is 0 Å². The summed E-state index contributed by atoms with van der Waals surface area (Å²) in [5, 5.41) is 11.5. The molecule has 0 saturated carbocycles. The largest absolute Gasteiger partial charge is 0.493 e. The Morgan fingerprint density at radius 1 is 1.30 bits per heavy atom. The van der Waals surface area contributed by atoms with Gasteiger partial charge < -0.3 is 20.4 Å². The number of benzene rings is 1. The maximum absolute atomic E-state index is 8.62. The number of hydrogen-bond acceptors (Lipinski definition) is 6. The molecular formula is C13H14N4O3. The molecule has 0 aliphatic rings. The van der Waals surface area contributed by atoms with Crippen molar-refractivity contribution in [2.75, 3.05) is 7.11 Å². The minimum Gasteiger partial charge on any atom is -0.493 e. The number of aryl methyl sites for hydroxylation is 1. The summed E-state index contributed by atoms with van der Waals surface area (Å²) in [4.78, 5) is 8.00. The summed E-state index contributed by atoms with van der Waals surface area (Å²) in [5.41, 5.74) is 6.77. The van der Waals surface area contributed by atoms with Crippen LogP contribution in [0, 0.1) is 6.92 Å². The molecule has 0 aliphatic carbocycles. The molecule has 1 heterocycles. The molecule has 0 unspecified atom stereocenters. The molecule has 1 aromatic carbocycles. The van der Waals surface area contributed by atoms with E-state index in [1.807, 2.05) is 19.1 Å². The molecule has 0 spiro atoms. The second-order valence-electron chi connectivity index (χ2n) is 3.97. The SMILES string of the molecule is COc1cc(C)ccc1Oc1nccc(/C(N)=N/O)n1. The Morgan fingerprint density at radius 3 is 2.80 bits per heavy atom. The van der Waals surface area contributed by atoms with E-state index in [1.54, 1.807) is 13.2 Å². The maximum atomic E-state index is 8.62. The van der Waals surface area contributed by atoms with Gasteiger partial charge in [0.25, 0.3) is 0 Å². The first-order valence-corrected chi connectivity index (χ1v) is 5.77. The van der Waals surface area contributed by atoms with Crippen LogP contribution in [0.3, 0.4) is 0 Å². The number of methoxy groups -OCH3 is 1. The molecule has 2 aromatic rings. The van der Waals surface area contributed by atoms with E-state index in [4.69, 9.17) is 20.4 Å². The first-order chi connectivity index (χ1) is 9.63. The van der Waals surface area contributed by atoms with Gasteiger partial charge in [-0.2, -0.15) is 4.98 Å². The van der Waals surface area contributed by atoms with Crippen molar-refractivity contribution in [3.8, 4) is 17.5 Å². The minimum atomic E-state index is -0.117. The van der Waals surface area contributed by atoms with Crippen molar-refractivity contribution in [3.05, 3.63) is 41.7 Å². The van der Waals surface area contributed by atoms with Gasteiger partial charge in [0.15, 0.2) is 17.3 Å². The lowest BCUT2D eigenvalue weighted by Crippen LogP contribution is -2.15. The number of nitrogens with zero attached hydrogens (tertiary/aromatic N) is 3. The Bertz CT molecular complexity index is 643. The average molecular weight is 274 g/mol. The van der Waals surface area contributed by atoms with Crippen LogP contribution in [-0.2, 0) is 0 Å². The Hall–Kier alpha value is -2.83. The van der Waals surface area contributed by atoms with E-state index >= 15 is 0 Å². The predicted octanol–water partition coefficient (Wildman–Crippen LogP) is 1.68. The Labute approximate surface area is 115 Å². The first kappa shape index (κ1) is 13.6. The summed E-state index contributed by atoms with van der Waals surface area (Å²) >= 11 is 0. The molecule has 0 amide bonds. The van der Waals surface area contributed by atoms with Gasteiger partial charge in [-0.25, -0.2) is 4.98 Å². The zero-order chi connectivity index (χ0) is 14.5. The van der Waals surface area contributed by atoms with Gasteiger partial charge in [0.05, 0.1) is 7.11 Å². The van der Waals surface area contributed by atoms with Crippen LogP contribution in [0.4, 0.5) is 0 Å². The molecule has 0 bridgehead atoms. The van der Waals surface area contributed by atoms with Crippen LogP contribution in [0.2, 0.25) is 0 Å². The normalized spacial score (nSPS) is 11.2. The van der Waals surface area contributed by atoms with Gasteiger partial charge in [0, 0.05) is 6.20 Å². The number of amidine groups is 1. The lowest BCUT2D eigenvalue weighted by atomic mass is 10.2. The van der Waals surface area contributed by atoms with E-state index in [2.05, 4.69) is 15.1 Å². The van der Waals surface area contributed by atoms with Gasteiger partial charge in [0.2, 0.25) is 0 Å². The molecule has 0 saturated heterocycles. The highest BCUT2D eigenvalue weighted by Crippen LogP contribution is 2.30. The van der Waals surface area contributed by atoms with Gasteiger partial charge in [-0.05, 0) is 30.7 Å². The smallest absolute Gasteiger partial charge is 0.322 e. The minimum absolute atomic E-state index is 0.0799. The molecule has 0 aliphatic heterocycles. The molecule has 104 valence electrons. The molecule has 7 heteroatoms. The number of ether oxygens (including phenoxy) is 2. The van der Waals surface area contributed by atoms with Crippen molar-refractivity contribution in [1.82, 2.24) is 9.97 Å². The fourth-order valence-corrected chi connectivity index (χ4v) is 1.54. The average Bonchev–Trinajstić information content (AvgIpc) is 2.48. The summed E-state index contributed by atoms with van der Waals surface area (Å²) in [6, 6.07) is 7.06. The van der Waals surface area contributed by atoms with Crippen LogP contribution in [-0.4, -0.2) is 28.1 Å². The molecule has 20 heavy (non-hydrogen) atoms. The van der Waals surface area contributed by atoms with Crippen LogP contribution >= 0.6 is 0 Å². The summed E-state index contributed by atoms with van der Waals surface area (Å²) in [5.74, 6) is 0.936. The third-order valence-electron chi connectivity index (χ3n) is 2.52. The highest BCUT2D eigenvalue weighted by molar-refractivity contribution is 5.95. The van der Waals surface area contributed by atoms with E-state index < -0.39 is 0 Å². The highest BCUT2D eigenvalue weighted by atomic mass is 16.5. The molecular weight excluding hydrogens is 260 g/mol. The van der Waals surface area contributed by atoms with Gasteiger partial charge >= 0.3 is 6.01 Å². The number of oxime groups is 1. The first-order valence-electron chi connectivity index (χ1n) is 5.77. The van der Waals surface area contributed by atoms with Crippen molar-refractivity contribution in [2.24, 2.45) is 10.9 Å². The fraction of sp³-hybridized carbons (Fsp3) is 0.154. The molecule has 2 rings (SSSR count). The third-order valence-corrected chi connectivity index (χ3v) is 2.52. The lowest BCUT2D eigenvalue weighted by molar-refractivity contribution is 0.318. The van der Waals surface area contributed by atoms with Crippen molar-refractivity contribution >= 4 is 5.84 Å². The van der Waals surface area contributed by atoms with Crippen molar-refractivity contribution in [1.29, 1.82) is 0 Å². The Morgan fingerprint density at radius 2 is 2.10 bits per heavy atom. The number of nitrogens with two attached hydrogens (primary N) is 1. The monoisotopic (exact) mass is 274 g/mol. The maximum Gasteiger partial charge on any atom is 0.322 e. The number of aromatic nitrogens is 2. The molecule has 0 fully saturated rings. The number of rotatable bonds is 4. The molecule has 1 aromatic heterocycles. The topological polar surface area (TPSA) is 103 Å². The van der Waals surface area contributed by atoms with Crippen LogP contribution in [0.5, 0.6) is 17.5 Å². The second kappa shape index (κ2) is 5.87. The van der Waals surface area contributed by atoms with Crippen molar-refractivity contribution in [3.63, 3.8) is 0 Å². The summed E-state index contributed by atoms with van der Waals surface area (Å²) in [6.45, 7) is 1.95. The second-order valence-corrected chi connectivity index (χ2v) is 3.97. The van der Waals surface area contributed by atoms with E-state index in [0.717, 1.165) is 5.56 Å². The van der Waals surface area contributed by atoms with Crippen LogP contribution in [0.25, 0.3) is 0 Å². The predicted molar refractivity (Wildman–Crippen MR) is 72.3 cm³/mol. The zero-order valence-electron chi connectivity index (χ0n) is 11.1. The lowest BCUT2D eigenvalue weighted by Gasteiger charge is -2.09. The van der Waals surface area contributed by atoms with Gasteiger partial charge in [-0.3, -0.25) is 0 Å². The highest BCUT2D eigenvalue weighted by Gasteiger charge is 2.09. The number of hydrogen-bond donors (Lipinski definition) is 2. The van der Waals surface area contributed by atoms with Gasteiger partial charge in [0.1, 0.15) is 5.69 Å². The Kier molecular flexibility index (Phi) is 3.99. The summed E-state index contributed by atoms with van der Waals surface area (Å²) < 4.78 is 10.8. The molecule has 0 atom stereocenters. The standard InChI is InChI=1S/C13H14N4O3/c1-8-3-4-10(11(7-8)19-2)20-13-15-6-5-9(16-13)12(14)17-18/h3-7,18H,1-2H3,(H2,14,17). The Balaban J connectivity index is 2.31. The van der Waals surface area contributed by atoms with E-state index in [9.17, 15) is 0 Å². The summed E-state index contributed by atoms with van der Waals surface area (Å²) in [6.07, 6.45) is 1.45. The molecule has 0 radical (unpaired) electrons. The van der Waals surface area contributed by atoms with Crippen molar-refractivity contribution < 1.29 is 14.7 Å². The third kappa shape index (κ3) is 2.94. The van der Waals surface area contributed by atoms with Gasteiger partial charge in [-0.1, -0.05) is 11.2 Å². The van der Waals surface area contributed by atoms with Crippen LogP contribution < -0.4 is 15.2 Å². The van der Waals surface area contributed by atoms with E-state index in [-0.39, 0.29) is 17.5 Å². The summed E-state index contributed by atoms with van der Waals surface area (Å²) in [7, 11) is 1.55. The van der Waals surface area contributed by atoms with Crippen LogP contribution in [0.1, 0.15) is 11.3 Å². The fourth-order valence-electron chi connectivity index (χ4n) is 1.54. The van der Waals surface area contributed by atoms with E-state index in [1.165, 1.54) is 12.3 Å². The molecule has 3 N–H and O–H groups in total. The van der Waals surface area contributed by atoms with Crippen molar-refractivity contribution in [2.45, 2.75) is 6.92 Å². The van der Waals surface area contributed by atoms with E-state index in [0.29, 0.717) is 11.5 Å². The van der Waals surface area contributed by atoms with Crippen LogP contribution in [0.15, 0.2) is 35.6 Å². The quantitative estimate of drug-likeness (QED) is 0.380. The zero-order valence-corrected chi connectivity index (χ0v) is 11.1. The molecule has 7 nitrogen and oxygen atoms in total.